The van der Waals surface area contributed by atoms with E-state index < -0.39 is 53.6 Å². The molecule has 0 saturated carbocycles. The molecule has 0 radical (unpaired) electrons. The van der Waals surface area contributed by atoms with E-state index in [2.05, 4.69) is 20.1 Å². The van der Waals surface area contributed by atoms with E-state index in [4.69, 9.17) is 0 Å². The molecule has 0 heterocycles. The lowest BCUT2D eigenvalue weighted by molar-refractivity contribution is -0.163. The largest absolute Gasteiger partial charge is 0.480 e. The minimum atomic E-state index is -1.58. The number of carboxylic acids is 1. The third kappa shape index (κ3) is 7.63. The molecule has 154 valence electrons. The first-order valence-electron chi connectivity index (χ1n) is 8.42. The van der Waals surface area contributed by atoms with Gasteiger partial charge in [0.1, 0.15) is 12.1 Å². The number of hydrogen-bond donors (Lipinski definition) is 3. The van der Waals surface area contributed by atoms with Gasteiger partial charge in [-0.2, -0.15) is 0 Å². The van der Waals surface area contributed by atoms with E-state index in [0.717, 1.165) is 14.2 Å². The summed E-state index contributed by atoms with van der Waals surface area (Å²) in [7, 11) is 2.10. The summed E-state index contributed by atoms with van der Waals surface area (Å²) in [5.41, 5.74) is 0. The number of hydrogen-bond acceptors (Lipinski definition) is 7. The number of amides is 2. The van der Waals surface area contributed by atoms with Crippen LogP contribution in [0.25, 0.3) is 0 Å². The molecule has 0 fully saturated rings. The zero-order valence-electron chi connectivity index (χ0n) is 16.4. The fraction of sp³-hybridized carbons (Fsp3) is 0.706. The van der Waals surface area contributed by atoms with Crippen LogP contribution in [0.15, 0.2) is 0 Å². The number of aliphatic carboxylic acids is 1. The van der Waals surface area contributed by atoms with E-state index in [1.807, 2.05) is 13.8 Å². The number of ether oxygens (including phenoxy) is 2. The number of esters is 2. The predicted octanol–water partition coefficient (Wildman–Crippen LogP) is -0.295. The fourth-order valence-corrected chi connectivity index (χ4v) is 2.59. The van der Waals surface area contributed by atoms with E-state index in [1.54, 1.807) is 0 Å². The highest BCUT2D eigenvalue weighted by Crippen LogP contribution is 2.20. The van der Waals surface area contributed by atoms with E-state index >= 15 is 0 Å². The highest BCUT2D eigenvalue weighted by Gasteiger charge is 2.42. The van der Waals surface area contributed by atoms with Crippen molar-refractivity contribution in [2.45, 2.75) is 46.2 Å². The van der Waals surface area contributed by atoms with Crippen LogP contribution in [-0.2, 0) is 33.4 Å². The lowest BCUT2D eigenvalue weighted by Crippen LogP contribution is -2.55. The van der Waals surface area contributed by atoms with Gasteiger partial charge in [0, 0.05) is 12.8 Å². The number of carbonyl (C=O) groups is 5. The van der Waals surface area contributed by atoms with Crippen LogP contribution in [-0.4, -0.2) is 61.1 Å². The van der Waals surface area contributed by atoms with Crippen molar-refractivity contribution in [1.82, 2.24) is 10.6 Å². The second-order valence-corrected chi connectivity index (χ2v) is 6.59. The Hall–Kier alpha value is -2.65. The molecule has 10 nitrogen and oxygen atoms in total. The van der Waals surface area contributed by atoms with Crippen molar-refractivity contribution < 1.29 is 38.6 Å². The SMILES string of the molecule is COC(=O)C(C(=O)OC)[C@H](C)[C@@H](NC(=O)[C@H](CC(C)C)NC(C)=O)C(=O)O. The number of carboxylic acid groups (broad SMARTS) is 1. The predicted molar refractivity (Wildman–Crippen MR) is 93.3 cm³/mol. The fourth-order valence-electron chi connectivity index (χ4n) is 2.59. The topological polar surface area (TPSA) is 148 Å². The first-order chi connectivity index (χ1) is 12.5. The van der Waals surface area contributed by atoms with Gasteiger partial charge in [0.15, 0.2) is 5.92 Å². The Kier molecular flexibility index (Phi) is 10.1. The summed E-state index contributed by atoms with van der Waals surface area (Å²) in [4.78, 5) is 59.3. The summed E-state index contributed by atoms with van der Waals surface area (Å²) in [6, 6.07) is -2.53. The number of nitrogens with one attached hydrogen (secondary N) is 2. The molecule has 3 N–H and O–H groups in total. The van der Waals surface area contributed by atoms with Gasteiger partial charge in [0.2, 0.25) is 11.8 Å². The molecule has 0 aromatic rings. The summed E-state index contributed by atoms with van der Waals surface area (Å²) in [6.45, 7) is 6.23. The van der Waals surface area contributed by atoms with Crippen LogP contribution < -0.4 is 10.6 Å². The maximum absolute atomic E-state index is 12.5. The van der Waals surface area contributed by atoms with Crippen molar-refractivity contribution >= 4 is 29.7 Å². The Balaban J connectivity index is 5.59. The van der Waals surface area contributed by atoms with Crippen LogP contribution in [0.1, 0.15) is 34.1 Å². The number of rotatable bonds is 10. The van der Waals surface area contributed by atoms with Crippen LogP contribution in [0, 0.1) is 17.8 Å². The molecule has 27 heavy (non-hydrogen) atoms. The molecular formula is C17H28N2O8. The smallest absolute Gasteiger partial charge is 0.326 e. The Morgan fingerprint density at radius 3 is 1.74 bits per heavy atom. The third-order valence-corrected chi connectivity index (χ3v) is 3.93. The molecule has 0 aliphatic rings. The zero-order valence-corrected chi connectivity index (χ0v) is 16.4. The Morgan fingerprint density at radius 2 is 1.41 bits per heavy atom. The van der Waals surface area contributed by atoms with Crippen LogP contribution in [0.5, 0.6) is 0 Å². The van der Waals surface area contributed by atoms with Crippen molar-refractivity contribution in [3.63, 3.8) is 0 Å². The number of carbonyl (C=O) groups excluding carboxylic acids is 4. The van der Waals surface area contributed by atoms with Gasteiger partial charge in [-0.25, -0.2) is 4.79 Å². The van der Waals surface area contributed by atoms with Gasteiger partial charge in [-0.15, -0.1) is 0 Å². The molecule has 0 aromatic carbocycles. The molecule has 0 aliphatic heterocycles. The maximum atomic E-state index is 12.5. The minimum Gasteiger partial charge on any atom is -0.480 e. The lowest BCUT2D eigenvalue weighted by atomic mass is 9.87. The highest BCUT2D eigenvalue weighted by atomic mass is 16.5. The summed E-state index contributed by atoms with van der Waals surface area (Å²) >= 11 is 0. The van der Waals surface area contributed by atoms with Crippen LogP contribution in [0.2, 0.25) is 0 Å². The molecule has 3 atom stereocenters. The first kappa shape index (κ1) is 24.4. The molecule has 2 amide bonds. The summed E-state index contributed by atoms with van der Waals surface area (Å²) in [5.74, 6) is -7.23. The quantitative estimate of drug-likeness (QED) is 0.341. The molecule has 0 rings (SSSR count). The average Bonchev–Trinajstić information content (AvgIpc) is 2.57. The minimum absolute atomic E-state index is 0.0474. The standard InChI is InChI=1S/C17H28N2O8/c1-8(2)7-11(18-10(4)20)14(21)19-13(15(22)23)9(3)12(16(24)26-5)17(25)27-6/h8-9,11-13H,7H2,1-6H3,(H,18,20)(H,19,21)(H,22,23)/t9-,11-,13+/m0/s1. The van der Waals surface area contributed by atoms with Crippen molar-refractivity contribution in [1.29, 1.82) is 0 Å². The van der Waals surface area contributed by atoms with Crippen molar-refractivity contribution in [2.75, 3.05) is 14.2 Å². The molecule has 0 spiro atoms. The van der Waals surface area contributed by atoms with Crippen LogP contribution in [0.4, 0.5) is 0 Å². The maximum Gasteiger partial charge on any atom is 0.326 e. The van der Waals surface area contributed by atoms with E-state index in [1.165, 1.54) is 13.8 Å². The average molecular weight is 388 g/mol. The van der Waals surface area contributed by atoms with Gasteiger partial charge < -0.3 is 25.2 Å². The van der Waals surface area contributed by atoms with Gasteiger partial charge in [-0.3, -0.25) is 19.2 Å². The summed E-state index contributed by atoms with van der Waals surface area (Å²) < 4.78 is 9.08. The van der Waals surface area contributed by atoms with Crippen molar-refractivity contribution in [3.05, 3.63) is 0 Å². The van der Waals surface area contributed by atoms with Crippen LogP contribution in [0.3, 0.4) is 0 Å². The second kappa shape index (κ2) is 11.1. The molecule has 0 aromatic heterocycles. The van der Waals surface area contributed by atoms with Gasteiger partial charge in [-0.1, -0.05) is 20.8 Å². The second-order valence-electron chi connectivity index (χ2n) is 6.59. The van der Waals surface area contributed by atoms with E-state index in [0.29, 0.717) is 0 Å². The highest BCUT2D eigenvalue weighted by molar-refractivity contribution is 5.96. The normalized spacial score (nSPS) is 14.1. The summed E-state index contributed by atoms with van der Waals surface area (Å²) in [5, 5.41) is 14.3. The van der Waals surface area contributed by atoms with Crippen molar-refractivity contribution in [2.24, 2.45) is 17.8 Å². The molecular weight excluding hydrogens is 360 g/mol. The monoisotopic (exact) mass is 388 g/mol. The summed E-state index contributed by atoms with van der Waals surface area (Å²) in [6.07, 6.45) is 0.281. The van der Waals surface area contributed by atoms with Gasteiger partial charge in [-0.05, 0) is 12.3 Å². The third-order valence-electron chi connectivity index (χ3n) is 3.93. The van der Waals surface area contributed by atoms with E-state index in [-0.39, 0.29) is 12.3 Å². The van der Waals surface area contributed by atoms with Gasteiger partial charge in [0.05, 0.1) is 14.2 Å². The van der Waals surface area contributed by atoms with Crippen molar-refractivity contribution in [3.8, 4) is 0 Å². The Bertz CT molecular complexity index is 559. The van der Waals surface area contributed by atoms with Gasteiger partial charge in [0.25, 0.3) is 0 Å². The Labute approximate surface area is 158 Å². The van der Waals surface area contributed by atoms with Crippen LogP contribution >= 0.6 is 0 Å². The molecule has 0 unspecified atom stereocenters. The molecule has 0 saturated heterocycles. The molecule has 0 bridgehead atoms. The molecule has 0 aliphatic carbocycles. The first-order valence-corrected chi connectivity index (χ1v) is 8.42. The Morgan fingerprint density at radius 1 is 0.926 bits per heavy atom. The zero-order chi connectivity index (χ0) is 21.3. The number of methoxy groups -OCH3 is 2. The van der Waals surface area contributed by atoms with E-state index in [9.17, 15) is 29.1 Å². The molecule has 10 heteroatoms. The lowest BCUT2D eigenvalue weighted by Gasteiger charge is -2.28. The van der Waals surface area contributed by atoms with Gasteiger partial charge >= 0.3 is 17.9 Å².